The number of halogens is 1. The number of ether oxygens (including phenoxy) is 1. The van der Waals surface area contributed by atoms with E-state index in [1.165, 1.54) is 19.1 Å². The maximum absolute atomic E-state index is 13.0. The van der Waals surface area contributed by atoms with Gasteiger partial charge >= 0.3 is 11.9 Å². The lowest BCUT2D eigenvalue weighted by molar-refractivity contribution is -0.142. The average Bonchev–Trinajstić information content (AvgIpc) is 2.46. The number of hydrogen-bond donors (Lipinski definition) is 2. The van der Waals surface area contributed by atoms with E-state index in [1.54, 1.807) is 0 Å². The van der Waals surface area contributed by atoms with Crippen molar-refractivity contribution in [2.45, 2.75) is 13.5 Å². The molecule has 7 heteroatoms. The third kappa shape index (κ3) is 3.20. The molecule has 6 nitrogen and oxygen atoms in total. The largest absolute Gasteiger partial charge is 0.477 e. The van der Waals surface area contributed by atoms with Crippen molar-refractivity contribution in [3.05, 3.63) is 57.8 Å². The van der Waals surface area contributed by atoms with Gasteiger partial charge in [0.05, 0.1) is 11.3 Å². The summed E-state index contributed by atoms with van der Waals surface area (Å²) in [6.45, 7) is 0.985. The first-order valence-electron chi connectivity index (χ1n) is 6.27. The molecule has 22 heavy (non-hydrogen) atoms. The van der Waals surface area contributed by atoms with Gasteiger partial charge in [-0.1, -0.05) is 12.1 Å². The Hall–Kier alpha value is -2.96. The molecule has 0 atom stereocenters. The number of pyridine rings is 1. The van der Waals surface area contributed by atoms with Crippen LogP contribution in [0.15, 0.2) is 35.3 Å². The smallest absolute Gasteiger partial charge is 0.341 e. The van der Waals surface area contributed by atoms with E-state index < -0.39 is 28.7 Å². The zero-order valence-electron chi connectivity index (χ0n) is 11.6. The predicted molar refractivity (Wildman–Crippen MR) is 74.9 cm³/mol. The number of carbonyl (C=O) groups is 2. The van der Waals surface area contributed by atoms with Crippen molar-refractivity contribution in [2.24, 2.45) is 0 Å². The molecule has 2 rings (SSSR count). The third-order valence-electron chi connectivity index (χ3n) is 2.95. The monoisotopic (exact) mass is 305 g/mol. The number of aromatic nitrogens is 1. The molecule has 0 amide bonds. The Bertz CT molecular complexity index is 780. The van der Waals surface area contributed by atoms with Gasteiger partial charge in [-0.25, -0.2) is 9.18 Å². The van der Waals surface area contributed by atoms with E-state index in [2.05, 4.69) is 4.98 Å². The molecular formula is C15H12FNO5. The van der Waals surface area contributed by atoms with Gasteiger partial charge in [0.15, 0.2) is 0 Å². The molecule has 0 spiro atoms. The highest BCUT2D eigenvalue weighted by Gasteiger charge is 2.18. The number of hydrogen-bond acceptors (Lipinski definition) is 4. The van der Waals surface area contributed by atoms with Crippen molar-refractivity contribution in [3.63, 3.8) is 0 Å². The van der Waals surface area contributed by atoms with E-state index in [9.17, 15) is 18.8 Å². The maximum atomic E-state index is 13.0. The molecule has 0 aliphatic carbocycles. The molecule has 1 aromatic carbocycles. The van der Waals surface area contributed by atoms with Crippen LogP contribution in [0.2, 0.25) is 0 Å². The van der Waals surface area contributed by atoms with E-state index in [0.29, 0.717) is 5.56 Å². The van der Waals surface area contributed by atoms with Crippen LogP contribution < -0.4 is 5.43 Å². The summed E-state index contributed by atoms with van der Waals surface area (Å²) in [5.41, 5.74) is -0.600. The Morgan fingerprint density at radius 3 is 2.45 bits per heavy atom. The molecule has 2 N–H and O–H groups in total. The Labute approximate surface area is 124 Å². The number of esters is 1. The van der Waals surface area contributed by atoms with E-state index in [4.69, 9.17) is 9.84 Å². The number of carboxylic acids is 1. The number of benzene rings is 1. The van der Waals surface area contributed by atoms with Gasteiger partial charge in [0.1, 0.15) is 18.0 Å². The lowest BCUT2D eigenvalue weighted by Gasteiger charge is -2.10. The number of rotatable bonds is 4. The van der Waals surface area contributed by atoms with Crippen LogP contribution in [0.4, 0.5) is 4.39 Å². The van der Waals surface area contributed by atoms with Crippen molar-refractivity contribution < 1.29 is 23.8 Å². The van der Waals surface area contributed by atoms with Gasteiger partial charge in [-0.05, 0) is 17.7 Å². The summed E-state index contributed by atoms with van der Waals surface area (Å²) in [7, 11) is 0. The molecule has 0 bridgehead atoms. The number of nitrogens with one attached hydrogen (secondary N) is 1. The first kappa shape index (κ1) is 15.4. The summed E-state index contributed by atoms with van der Waals surface area (Å²) < 4.78 is 17.9. The Morgan fingerprint density at radius 1 is 1.27 bits per heavy atom. The Kier molecular flexibility index (Phi) is 4.36. The highest BCUT2D eigenvalue weighted by Crippen LogP contribution is 2.20. The van der Waals surface area contributed by atoms with E-state index in [0.717, 1.165) is 18.3 Å². The van der Waals surface area contributed by atoms with Gasteiger partial charge in [0.25, 0.3) is 0 Å². The lowest BCUT2D eigenvalue weighted by Crippen LogP contribution is -2.20. The minimum absolute atomic E-state index is 0.0288. The van der Waals surface area contributed by atoms with Crippen LogP contribution in [0.1, 0.15) is 23.0 Å². The predicted octanol–water partition coefficient (Wildman–Crippen LogP) is 1.94. The normalized spacial score (nSPS) is 10.3. The minimum Gasteiger partial charge on any atom is -0.477 e. The molecule has 114 valence electrons. The van der Waals surface area contributed by atoms with E-state index >= 15 is 0 Å². The molecular weight excluding hydrogens is 293 g/mol. The molecule has 0 aliphatic heterocycles. The molecule has 0 saturated carbocycles. The molecule has 0 saturated heterocycles. The molecule has 0 aliphatic rings. The van der Waals surface area contributed by atoms with Crippen LogP contribution >= 0.6 is 0 Å². The van der Waals surface area contributed by atoms with Crippen molar-refractivity contribution in [3.8, 4) is 11.1 Å². The summed E-state index contributed by atoms with van der Waals surface area (Å²) in [5, 5.41) is 9.02. The first-order valence-corrected chi connectivity index (χ1v) is 6.27. The number of carboxylic acid groups (broad SMARTS) is 1. The van der Waals surface area contributed by atoms with Gasteiger partial charge in [0.2, 0.25) is 5.43 Å². The molecule has 2 aromatic rings. The second kappa shape index (κ2) is 6.21. The zero-order chi connectivity index (χ0) is 16.3. The van der Waals surface area contributed by atoms with Gasteiger partial charge in [0, 0.05) is 13.1 Å². The first-order chi connectivity index (χ1) is 10.4. The quantitative estimate of drug-likeness (QED) is 0.841. The van der Waals surface area contributed by atoms with Crippen LogP contribution in [0, 0.1) is 5.82 Å². The summed E-state index contributed by atoms with van der Waals surface area (Å²) in [4.78, 5) is 37.0. The summed E-state index contributed by atoms with van der Waals surface area (Å²) >= 11 is 0. The van der Waals surface area contributed by atoms with Gasteiger partial charge in [-0.2, -0.15) is 0 Å². The average molecular weight is 305 g/mol. The fraction of sp³-hybridized carbons (Fsp3) is 0.133. The van der Waals surface area contributed by atoms with Crippen LogP contribution in [0.3, 0.4) is 0 Å². The van der Waals surface area contributed by atoms with Crippen molar-refractivity contribution in [1.82, 2.24) is 4.98 Å². The van der Waals surface area contributed by atoms with Crippen LogP contribution in [-0.4, -0.2) is 22.0 Å². The summed E-state index contributed by atoms with van der Waals surface area (Å²) in [5.74, 6) is -2.42. The zero-order valence-corrected chi connectivity index (χ0v) is 11.6. The lowest BCUT2D eigenvalue weighted by atomic mass is 10.0. The second-order valence-electron chi connectivity index (χ2n) is 4.48. The SMILES string of the molecule is CC(=O)OCc1[nH]cc(C(=O)O)c(=O)c1-c1ccc(F)cc1. The number of carbonyl (C=O) groups excluding carboxylic acids is 1. The maximum Gasteiger partial charge on any atom is 0.341 e. The van der Waals surface area contributed by atoms with Crippen LogP contribution in [0.25, 0.3) is 11.1 Å². The highest BCUT2D eigenvalue weighted by atomic mass is 19.1. The van der Waals surface area contributed by atoms with Gasteiger partial charge < -0.3 is 14.8 Å². The van der Waals surface area contributed by atoms with Crippen molar-refractivity contribution in [2.75, 3.05) is 0 Å². The topological polar surface area (TPSA) is 96.5 Å². The standard InChI is InChI=1S/C15H12FNO5/c1-8(18)22-7-12-13(9-2-4-10(16)5-3-9)14(19)11(6-17-12)15(20)21/h2-6H,7H2,1H3,(H,17,19)(H,20,21). The van der Waals surface area contributed by atoms with E-state index in [1.807, 2.05) is 0 Å². The molecule has 0 radical (unpaired) electrons. The minimum atomic E-state index is -1.39. The fourth-order valence-corrected chi connectivity index (χ4v) is 1.94. The van der Waals surface area contributed by atoms with Gasteiger partial charge in [-0.15, -0.1) is 0 Å². The van der Waals surface area contributed by atoms with Crippen LogP contribution in [-0.2, 0) is 16.1 Å². The third-order valence-corrected chi connectivity index (χ3v) is 2.95. The second-order valence-corrected chi connectivity index (χ2v) is 4.48. The molecule has 0 fully saturated rings. The fourth-order valence-electron chi connectivity index (χ4n) is 1.94. The summed E-state index contributed by atoms with van der Waals surface area (Å²) in [6, 6.07) is 5.00. The molecule has 1 aromatic heterocycles. The number of aromatic carboxylic acids is 1. The Balaban J connectivity index is 2.62. The number of aromatic amines is 1. The number of H-pyrrole nitrogens is 1. The van der Waals surface area contributed by atoms with E-state index in [-0.39, 0.29) is 17.9 Å². The van der Waals surface area contributed by atoms with Crippen LogP contribution in [0.5, 0.6) is 0 Å². The van der Waals surface area contributed by atoms with Crippen molar-refractivity contribution in [1.29, 1.82) is 0 Å². The summed E-state index contributed by atoms with van der Waals surface area (Å²) in [6.07, 6.45) is 1.04. The molecule has 0 unspecified atom stereocenters. The van der Waals surface area contributed by atoms with Crippen molar-refractivity contribution >= 4 is 11.9 Å². The van der Waals surface area contributed by atoms with Gasteiger partial charge in [-0.3, -0.25) is 9.59 Å². The molecule has 1 heterocycles. The highest BCUT2D eigenvalue weighted by molar-refractivity contribution is 5.89. The Morgan fingerprint density at radius 2 is 1.91 bits per heavy atom.